The Morgan fingerprint density at radius 2 is 2.27 bits per heavy atom. The summed E-state index contributed by atoms with van der Waals surface area (Å²) in [6, 6.07) is 0. The summed E-state index contributed by atoms with van der Waals surface area (Å²) >= 11 is 0. The van der Waals surface area contributed by atoms with Crippen molar-refractivity contribution >= 4 is 5.91 Å². The molecule has 2 aromatic rings. The van der Waals surface area contributed by atoms with Gasteiger partial charge in [0.1, 0.15) is 11.7 Å². The lowest BCUT2D eigenvalue weighted by molar-refractivity contribution is -0.174. The third-order valence-electron chi connectivity index (χ3n) is 5.53. The average Bonchev–Trinajstić information content (AvgIpc) is 3.24. The second-order valence-electron chi connectivity index (χ2n) is 7.35. The maximum atomic E-state index is 12.8. The summed E-state index contributed by atoms with van der Waals surface area (Å²) in [4.78, 5) is 22.8. The maximum Gasteiger partial charge on any atom is 0.274 e. The minimum Gasteiger partial charge on any atom is -0.473 e. The van der Waals surface area contributed by atoms with Gasteiger partial charge in [0.15, 0.2) is 5.69 Å². The standard InChI is InChI=1S/C18H21N5O3/c24-17(16-13-2-1-3-14(13)21-22-16)23-10-18(11-23)8-12(4-7-25-18)26-15-9-19-5-6-20-15/h5-6,9,12H,1-4,7-8,10-11H2,(H,21,22)/t12-/m1/s1. The molecule has 0 bridgehead atoms. The first-order valence-corrected chi connectivity index (χ1v) is 9.14. The van der Waals surface area contributed by atoms with Gasteiger partial charge in [-0.05, 0) is 19.3 Å². The van der Waals surface area contributed by atoms with Crippen molar-refractivity contribution in [1.82, 2.24) is 25.1 Å². The zero-order chi connectivity index (χ0) is 17.6. The molecule has 1 atom stereocenters. The molecule has 0 saturated carbocycles. The van der Waals surface area contributed by atoms with Crippen LogP contribution in [-0.4, -0.2) is 62.4 Å². The first-order valence-electron chi connectivity index (χ1n) is 9.14. The van der Waals surface area contributed by atoms with E-state index in [2.05, 4.69) is 20.2 Å². The molecule has 1 spiro atoms. The monoisotopic (exact) mass is 355 g/mol. The highest BCUT2D eigenvalue weighted by atomic mass is 16.5. The maximum absolute atomic E-state index is 12.8. The van der Waals surface area contributed by atoms with Crippen LogP contribution in [0.2, 0.25) is 0 Å². The molecule has 2 fully saturated rings. The molecule has 1 amide bonds. The van der Waals surface area contributed by atoms with E-state index >= 15 is 0 Å². The summed E-state index contributed by atoms with van der Waals surface area (Å²) < 4.78 is 12.0. The van der Waals surface area contributed by atoms with Crippen LogP contribution < -0.4 is 4.74 Å². The number of aryl methyl sites for hydroxylation is 1. The van der Waals surface area contributed by atoms with Gasteiger partial charge in [0, 0.05) is 36.5 Å². The van der Waals surface area contributed by atoms with E-state index in [4.69, 9.17) is 9.47 Å². The number of hydrogen-bond acceptors (Lipinski definition) is 6. The largest absolute Gasteiger partial charge is 0.473 e. The average molecular weight is 355 g/mol. The second kappa shape index (κ2) is 6.05. The van der Waals surface area contributed by atoms with Crippen molar-refractivity contribution in [3.63, 3.8) is 0 Å². The van der Waals surface area contributed by atoms with Gasteiger partial charge in [-0.3, -0.25) is 14.9 Å². The molecule has 8 nitrogen and oxygen atoms in total. The molecular weight excluding hydrogens is 334 g/mol. The van der Waals surface area contributed by atoms with Crippen molar-refractivity contribution < 1.29 is 14.3 Å². The number of aromatic amines is 1. The van der Waals surface area contributed by atoms with Crippen molar-refractivity contribution in [3.05, 3.63) is 35.5 Å². The fourth-order valence-electron chi connectivity index (χ4n) is 4.26. The van der Waals surface area contributed by atoms with E-state index in [1.807, 2.05) is 4.90 Å². The first kappa shape index (κ1) is 15.7. The van der Waals surface area contributed by atoms with Gasteiger partial charge >= 0.3 is 0 Å². The molecule has 1 N–H and O–H groups in total. The number of nitrogens with one attached hydrogen (secondary N) is 1. The minimum absolute atomic E-state index is 0.00981. The smallest absolute Gasteiger partial charge is 0.274 e. The summed E-state index contributed by atoms with van der Waals surface area (Å²) in [6.45, 7) is 1.81. The molecule has 8 heteroatoms. The van der Waals surface area contributed by atoms with Gasteiger partial charge in [-0.15, -0.1) is 0 Å². The summed E-state index contributed by atoms with van der Waals surface area (Å²) in [5, 5.41) is 7.26. The lowest BCUT2D eigenvalue weighted by Crippen LogP contribution is -2.67. The van der Waals surface area contributed by atoms with Crippen LogP contribution in [0, 0.1) is 0 Å². The minimum atomic E-state index is -0.305. The van der Waals surface area contributed by atoms with Crippen molar-refractivity contribution in [2.45, 2.75) is 43.8 Å². The predicted octanol–water partition coefficient (Wildman–Crippen LogP) is 1.14. The van der Waals surface area contributed by atoms with Crippen molar-refractivity contribution in [2.75, 3.05) is 19.7 Å². The van der Waals surface area contributed by atoms with Gasteiger partial charge in [0.2, 0.25) is 5.88 Å². The SMILES string of the molecule is O=C(c1n[nH]c2c1CCC2)N1CC2(C[C@H](Oc3cnccn3)CCO2)C1. The van der Waals surface area contributed by atoms with E-state index in [9.17, 15) is 4.79 Å². The number of ether oxygens (including phenoxy) is 2. The Morgan fingerprint density at radius 1 is 1.35 bits per heavy atom. The highest BCUT2D eigenvalue weighted by molar-refractivity contribution is 5.95. The van der Waals surface area contributed by atoms with Crippen LogP contribution >= 0.6 is 0 Å². The van der Waals surface area contributed by atoms with E-state index in [1.165, 1.54) is 0 Å². The molecule has 2 aromatic heterocycles. The number of H-pyrrole nitrogens is 1. The van der Waals surface area contributed by atoms with E-state index in [0.29, 0.717) is 31.3 Å². The van der Waals surface area contributed by atoms with Crippen LogP contribution in [0.25, 0.3) is 0 Å². The predicted molar refractivity (Wildman–Crippen MR) is 90.9 cm³/mol. The molecule has 1 aliphatic carbocycles. The zero-order valence-electron chi connectivity index (χ0n) is 14.5. The molecule has 0 unspecified atom stereocenters. The summed E-state index contributed by atoms with van der Waals surface area (Å²) in [6.07, 6.45) is 9.50. The Balaban J connectivity index is 1.23. The number of nitrogens with zero attached hydrogens (tertiary/aromatic N) is 4. The lowest BCUT2D eigenvalue weighted by atomic mass is 9.84. The fraction of sp³-hybridized carbons (Fsp3) is 0.556. The van der Waals surface area contributed by atoms with Gasteiger partial charge in [-0.25, -0.2) is 4.98 Å². The van der Waals surface area contributed by atoms with Crippen LogP contribution in [0.15, 0.2) is 18.6 Å². The first-order chi connectivity index (χ1) is 12.7. The fourth-order valence-corrected chi connectivity index (χ4v) is 4.26. The molecule has 2 saturated heterocycles. The van der Waals surface area contributed by atoms with Crippen molar-refractivity contribution in [1.29, 1.82) is 0 Å². The lowest BCUT2D eigenvalue weighted by Gasteiger charge is -2.52. The van der Waals surface area contributed by atoms with Crippen LogP contribution in [-0.2, 0) is 17.6 Å². The number of likely N-dealkylation sites (tertiary alicyclic amines) is 1. The number of carbonyl (C=O) groups is 1. The highest BCUT2D eigenvalue weighted by Gasteiger charge is 2.50. The zero-order valence-corrected chi connectivity index (χ0v) is 14.5. The van der Waals surface area contributed by atoms with E-state index in [-0.39, 0.29) is 17.6 Å². The molecule has 2 aliphatic heterocycles. The van der Waals surface area contributed by atoms with Crippen molar-refractivity contribution in [2.24, 2.45) is 0 Å². The molecule has 0 aromatic carbocycles. The van der Waals surface area contributed by atoms with E-state index in [1.54, 1.807) is 18.6 Å². The van der Waals surface area contributed by atoms with Crippen LogP contribution in [0.5, 0.6) is 5.88 Å². The molecule has 26 heavy (non-hydrogen) atoms. The highest BCUT2D eigenvalue weighted by Crippen LogP contribution is 2.36. The third kappa shape index (κ3) is 2.65. The van der Waals surface area contributed by atoms with Gasteiger partial charge in [0.05, 0.1) is 25.9 Å². The number of carbonyl (C=O) groups excluding carboxylic acids is 1. The Morgan fingerprint density at radius 3 is 3.12 bits per heavy atom. The Labute approximate surface area is 150 Å². The van der Waals surface area contributed by atoms with Gasteiger partial charge in [0.25, 0.3) is 5.91 Å². The quantitative estimate of drug-likeness (QED) is 0.887. The second-order valence-corrected chi connectivity index (χ2v) is 7.35. The van der Waals surface area contributed by atoms with Crippen molar-refractivity contribution in [3.8, 4) is 5.88 Å². The van der Waals surface area contributed by atoms with Gasteiger partial charge in [-0.1, -0.05) is 0 Å². The molecular formula is C18H21N5O3. The Hall–Kier alpha value is -2.48. The summed E-state index contributed by atoms with van der Waals surface area (Å²) in [5.41, 5.74) is 2.51. The number of fused-ring (bicyclic) bond motifs is 1. The topological polar surface area (TPSA) is 93.2 Å². The van der Waals surface area contributed by atoms with Crippen LogP contribution in [0.3, 0.4) is 0 Å². The number of hydrogen-bond donors (Lipinski definition) is 1. The van der Waals surface area contributed by atoms with E-state index in [0.717, 1.165) is 43.4 Å². The Bertz CT molecular complexity index is 815. The molecule has 136 valence electrons. The third-order valence-corrected chi connectivity index (χ3v) is 5.53. The number of aromatic nitrogens is 4. The summed E-state index contributed by atoms with van der Waals surface area (Å²) in [7, 11) is 0. The van der Waals surface area contributed by atoms with Gasteiger partial charge in [-0.2, -0.15) is 5.10 Å². The molecule has 5 rings (SSSR count). The molecule has 4 heterocycles. The number of rotatable bonds is 3. The van der Waals surface area contributed by atoms with Crippen LogP contribution in [0.4, 0.5) is 0 Å². The van der Waals surface area contributed by atoms with Gasteiger partial charge < -0.3 is 14.4 Å². The summed E-state index contributed by atoms with van der Waals surface area (Å²) in [5.74, 6) is 0.546. The number of amides is 1. The molecule has 0 radical (unpaired) electrons. The molecule has 3 aliphatic rings. The van der Waals surface area contributed by atoms with Crippen LogP contribution in [0.1, 0.15) is 41.0 Å². The normalized spacial score (nSPS) is 23.5. The Kier molecular flexibility index (Phi) is 3.66. The van der Waals surface area contributed by atoms with E-state index < -0.39 is 0 Å².